The zero-order valence-corrected chi connectivity index (χ0v) is 15.9. The highest BCUT2D eigenvalue weighted by atomic mass is 16.6. The van der Waals surface area contributed by atoms with E-state index in [2.05, 4.69) is 11.1 Å². The number of hydrogen-bond acceptors (Lipinski definition) is 6. The van der Waals surface area contributed by atoms with Gasteiger partial charge in [0, 0.05) is 17.5 Å². The highest BCUT2D eigenvalue weighted by Crippen LogP contribution is 2.29. The summed E-state index contributed by atoms with van der Waals surface area (Å²) in [4.78, 5) is 27.5. The lowest BCUT2D eigenvalue weighted by molar-refractivity contribution is -0.384. The molecule has 0 spiro atoms. The van der Waals surface area contributed by atoms with Crippen LogP contribution in [0.2, 0.25) is 0 Å². The first-order valence-corrected chi connectivity index (χ1v) is 8.89. The van der Waals surface area contributed by atoms with Gasteiger partial charge in [0.05, 0.1) is 33.9 Å². The molecule has 1 heterocycles. The van der Waals surface area contributed by atoms with Gasteiger partial charge in [0.15, 0.2) is 0 Å². The summed E-state index contributed by atoms with van der Waals surface area (Å²) in [6.07, 6.45) is 1.54. The number of carbonyl (C=O) groups excluding carboxylic acids is 1. The number of nitrogens with zero attached hydrogens (tertiary/aromatic N) is 3. The van der Waals surface area contributed by atoms with Crippen molar-refractivity contribution in [1.82, 2.24) is 4.98 Å². The van der Waals surface area contributed by atoms with E-state index in [9.17, 15) is 20.2 Å². The molecule has 7 heteroatoms. The van der Waals surface area contributed by atoms with Crippen molar-refractivity contribution >= 4 is 34.2 Å². The predicted octanol–water partition coefficient (Wildman–Crippen LogP) is 4.69. The van der Waals surface area contributed by atoms with Crippen molar-refractivity contribution < 1.29 is 14.5 Å². The van der Waals surface area contributed by atoms with Gasteiger partial charge in [0.25, 0.3) is 5.69 Å². The molecule has 0 bridgehead atoms. The maximum absolute atomic E-state index is 12.6. The predicted molar refractivity (Wildman–Crippen MR) is 109 cm³/mol. The Balaban J connectivity index is 2.22. The Kier molecular flexibility index (Phi) is 5.65. The average molecular weight is 387 g/mol. The summed E-state index contributed by atoms with van der Waals surface area (Å²) in [5.74, 6) is -0.553. The Morgan fingerprint density at radius 2 is 1.93 bits per heavy atom. The van der Waals surface area contributed by atoms with Crippen LogP contribution in [0.1, 0.15) is 34.1 Å². The average Bonchev–Trinajstić information content (AvgIpc) is 2.72. The molecule has 29 heavy (non-hydrogen) atoms. The van der Waals surface area contributed by atoms with Crippen LogP contribution in [-0.4, -0.2) is 22.5 Å². The Morgan fingerprint density at radius 3 is 2.55 bits per heavy atom. The zero-order valence-electron chi connectivity index (χ0n) is 15.9. The van der Waals surface area contributed by atoms with Crippen molar-refractivity contribution in [3.05, 3.63) is 81.0 Å². The van der Waals surface area contributed by atoms with Crippen LogP contribution in [0.4, 0.5) is 5.69 Å². The molecule has 0 aliphatic rings. The van der Waals surface area contributed by atoms with Crippen molar-refractivity contribution in [2.75, 3.05) is 6.61 Å². The number of fused-ring (bicyclic) bond motifs is 1. The van der Waals surface area contributed by atoms with E-state index in [1.807, 2.05) is 24.3 Å². The third kappa shape index (κ3) is 3.96. The minimum atomic E-state index is -0.553. The molecule has 0 radical (unpaired) electrons. The minimum Gasteiger partial charge on any atom is -0.462 e. The Hall–Kier alpha value is -4.05. The molecule has 0 fully saturated rings. The van der Waals surface area contributed by atoms with E-state index in [-0.39, 0.29) is 29.1 Å². The van der Waals surface area contributed by atoms with E-state index in [1.165, 1.54) is 24.3 Å². The smallest absolute Gasteiger partial charge is 0.340 e. The molecule has 0 atom stereocenters. The maximum atomic E-state index is 12.6. The van der Waals surface area contributed by atoms with Crippen LogP contribution in [0, 0.1) is 28.4 Å². The Morgan fingerprint density at radius 1 is 1.24 bits per heavy atom. The van der Waals surface area contributed by atoms with Gasteiger partial charge in [-0.2, -0.15) is 5.26 Å². The summed E-state index contributed by atoms with van der Waals surface area (Å²) in [5, 5.41) is 21.4. The molecule has 3 rings (SSSR count). The summed E-state index contributed by atoms with van der Waals surface area (Å²) in [7, 11) is 0. The molecule has 1 aromatic heterocycles. The SMILES string of the molecule is CCOC(=O)c1c(/C(C#N)=C/c2ccc([N+](=O)[O-])cc2)nc2ccccc2c1C. The van der Waals surface area contributed by atoms with E-state index >= 15 is 0 Å². The largest absolute Gasteiger partial charge is 0.462 e. The summed E-state index contributed by atoms with van der Waals surface area (Å²) in [6, 6.07) is 15.2. The van der Waals surface area contributed by atoms with Crippen molar-refractivity contribution in [2.24, 2.45) is 0 Å². The number of nitro groups is 1. The number of nitriles is 1. The number of non-ortho nitro benzene ring substituents is 1. The molecule has 0 amide bonds. The fraction of sp³-hybridized carbons (Fsp3) is 0.136. The van der Waals surface area contributed by atoms with Crippen LogP contribution in [-0.2, 0) is 4.74 Å². The monoisotopic (exact) mass is 387 g/mol. The number of pyridine rings is 1. The fourth-order valence-corrected chi connectivity index (χ4v) is 3.04. The first kappa shape index (κ1) is 19.7. The quantitative estimate of drug-likeness (QED) is 0.272. The number of hydrogen-bond donors (Lipinski definition) is 0. The molecule has 144 valence electrons. The van der Waals surface area contributed by atoms with E-state index in [0.717, 1.165) is 5.39 Å². The van der Waals surface area contributed by atoms with Gasteiger partial charge in [-0.25, -0.2) is 9.78 Å². The summed E-state index contributed by atoms with van der Waals surface area (Å²) in [5.41, 5.74) is 2.48. The van der Waals surface area contributed by atoms with Crippen molar-refractivity contribution in [3.8, 4) is 6.07 Å². The van der Waals surface area contributed by atoms with Gasteiger partial charge in [-0.15, -0.1) is 0 Å². The molecular weight excluding hydrogens is 370 g/mol. The fourth-order valence-electron chi connectivity index (χ4n) is 3.04. The summed E-state index contributed by atoms with van der Waals surface area (Å²) < 4.78 is 5.19. The third-order valence-electron chi connectivity index (χ3n) is 4.42. The number of aryl methyl sites for hydroxylation is 1. The molecule has 7 nitrogen and oxygen atoms in total. The molecule has 0 aliphatic carbocycles. The first-order chi connectivity index (χ1) is 14.0. The van der Waals surface area contributed by atoms with Crippen molar-refractivity contribution in [3.63, 3.8) is 0 Å². The number of esters is 1. The minimum absolute atomic E-state index is 0.0486. The second-order valence-electron chi connectivity index (χ2n) is 6.22. The number of carbonyl (C=O) groups is 1. The van der Waals surface area contributed by atoms with Crippen LogP contribution in [0.25, 0.3) is 22.6 Å². The van der Waals surface area contributed by atoms with E-state index < -0.39 is 10.9 Å². The second-order valence-corrected chi connectivity index (χ2v) is 6.22. The van der Waals surface area contributed by atoms with Crippen molar-refractivity contribution in [2.45, 2.75) is 13.8 Å². The Labute approximate surface area is 167 Å². The number of rotatable bonds is 5. The van der Waals surface area contributed by atoms with Gasteiger partial charge < -0.3 is 4.74 Å². The molecule has 0 unspecified atom stereocenters. The molecule has 0 saturated carbocycles. The number of para-hydroxylation sites is 1. The van der Waals surface area contributed by atoms with E-state index in [0.29, 0.717) is 16.6 Å². The molecular formula is C22H17N3O4. The number of ether oxygens (including phenoxy) is 1. The normalized spacial score (nSPS) is 11.1. The standard InChI is InChI=1S/C22H17N3O4/c1-3-29-22(26)20-14(2)18-6-4-5-7-19(18)24-21(20)16(13-23)12-15-8-10-17(11-9-15)25(27)28/h4-12H,3H2,1-2H3/b16-12+. The van der Waals surface area contributed by atoms with Gasteiger partial charge in [0.1, 0.15) is 6.07 Å². The third-order valence-corrected chi connectivity index (χ3v) is 4.42. The molecule has 3 aromatic rings. The lowest BCUT2D eigenvalue weighted by atomic mass is 9.97. The highest BCUT2D eigenvalue weighted by Gasteiger charge is 2.22. The van der Waals surface area contributed by atoms with Crippen molar-refractivity contribution in [1.29, 1.82) is 5.26 Å². The van der Waals surface area contributed by atoms with Gasteiger partial charge in [-0.1, -0.05) is 18.2 Å². The summed E-state index contributed by atoms with van der Waals surface area (Å²) >= 11 is 0. The lowest BCUT2D eigenvalue weighted by Gasteiger charge is -2.13. The zero-order chi connectivity index (χ0) is 21.0. The van der Waals surface area contributed by atoms with Gasteiger partial charge in [0.2, 0.25) is 0 Å². The van der Waals surface area contributed by atoms with Gasteiger partial charge >= 0.3 is 5.97 Å². The van der Waals surface area contributed by atoms with Crippen LogP contribution >= 0.6 is 0 Å². The second kappa shape index (κ2) is 8.31. The van der Waals surface area contributed by atoms with Crippen LogP contribution in [0.3, 0.4) is 0 Å². The molecule has 2 aromatic carbocycles. The van der Waals surface area contributed by atoms with E-state index in [4.69, 9.17) is 4.74 Å². The molecule has 0 saturated heterocycles. The Bertz CT molecular complexity index is 1180. The van der Waals surface area contributed by atoms with Gasteiger partial charge in [-0.3, -0.25) is 10.1 Å². The number of allylic oxidation sites excluding steroid dienone is 1. The lowest BCUT2D eigenvalue weighted by Crippen LogP contribution is -2.12. The number of aromatic nitrogens is 1. The maximum Gasteiger partial charge on any atom is 0.340 e. The molecule has 0 N–H and O–H groups in total. The first-order valence-electron chi connectivity index (χ1n) is 8.89. The number of benzene rings is 2. The molecule has 0 aliphatic heterocycles. The highest BCUT2D eigenvalue weighted by molar-refractivity contribution is 6.05. The van der Waals surface area contributed by atoms with Crippen LogP contribution < -0.4 is 0 Å². The summed E-state index contributed by atoms with van der Waals surface area (Å²) in [6.45, 7) is 3.69. The van der Waals surface area contributed by atoms with Crippen LogP contribution in [0.15, 0.2) is 48.5 Å². The topological polar surface area (TPSA) is 106 Å². The van der Waals surface area contributed by atoms with Crippen LogP contribution in [0.5, 0.6) is 0 Å². The van der Waals surface area contributed by atoms with Gasteiger partial charge in [-0.05, 0) is 49.2 Å². The number of nitro benzene ring substituents is 1. The van der Waals surface area contributed by atoms with E-state index in [1.54, 1.807) is 19.9 Å².